The number of hydrogen-bond donors (Lipinski definition) is 0. The zero-order valence-corrected chi connectivity index (χ0v) is 27.9. The summed E-state index contributed by atoms with van der Waals surface area (Å²) >= 11 is 0. The van der Waals surface area contributed by atoms with Crippen LogP contribution in [0.1, 0.15) is 146 Å². The molecule has 8 nitrogen and oxygen atoms in total. The molecule has 1 aromatic heterocycles. The summed E-state index contributed by atoms with van der Waals surface area (Å²) in [5.41, 5.74) is 0.374. The summed E-state index contributed by atoms with van der Waals surface area (Å²) in [5, 5.41) is 0. The first kappa shape index (κ1) is 36.0. The molecule has 4 rings (SSSR count). The molecule has 1 unspecified atom stereocenters. The van der Waals surface area contributed by atoms with Gasteiger partial charge in [0.05, 0.1) is 17.5 Å². The topological polar surface area (TPSA) is 100.0 Å². The maximum Gasteiger partial charge on any atom is 0.309 e. The number of cyclic esters (lactones) is 1. The second-order valence-electron chi connectivity index (χ2n) is 13.5. The van der Waals surface area contributed by atoms with E-state index >= 15 is 0 Å². The van der Waals surface area contributed by atoms with Crippen molar-refractivity contribution in [2.24, 2.45) is 10.9 Å². The lowest BCUT2D eigenvalue weighted by atomic mass is 9.93. The number of halogens is 1. The van der Waals surface area contributed by atoms with E-state index in [-0.39, 0.29) is 30.6 Å². The van der Waals surface area contributed by atoms with E-state index in [4.69, 9.17) is 20.6 Å². The average molecular weight is 640 g/mol. The minimum absolute atomic E-state index is 0.0168. The SMILES string of the molecule is C#C[C@@]12COC(=O)CCCCCCCCCCCCCCCCCCC(=O)O[C@H]1C[C@H](CC1C=Nc3c(C)nc(F)nc3CC1)O2. The van der Waals surface area contributed by atoms with E-state index in [1.807, 2.05) is 6.21 Å². The Labute approximate surface area is 275 Å². The van der Waals surface area contributed by atoms with Crippen molar-refractivity contribution in [3.63, 3.8) is 0 Å². The lowest BCUT2D eigenvalue weighted by molar-refractivity contribution is -0.165. The van der Waals surface area contributed by atoms with Crippen LogP contribution in [0.2, 0.25) is 0 Å². The smallest absolute Gasteiger partial charge is 0.309 e. The average Bonchev–Trinajstić information content (AvgIpc) is 3.23. The fourth-order valence-electron chi connectivity index (χ4n) is 6.95. The van der Waals surface area contributed by atoms with Crippen LogP contribution in [0.3, 0.4) is 0 Å². The molecule has 2 saturated heterocycles. The molecule has 2 fully saturated rings. The van der Waals surface area contributed by atoms with Crippen molar-refractivity contribution in [2.45, 2.75) is 166 Å². The molecule has 1 aromatic rings. The van der Waals surface area contributed by atoms with Gasteiger partial charge in [0.25, 0.3) is 0 Å². The Morgan fingerprint density at radius 1 is 0.848 bits per heavy atom. The molecule has 0 aromatic carbocycles. The summed E-state index contributed by atoms with van der Waals surface area (Å²) in [6.07, 6.45) is 27.6. The summed E-state index contributed by atoms with van der Waals surface area (Å²) in [6.45, 7) is 1.57. The highest BCUT2D eigenvalue weighted by Gasteiger charge is 2.51. The van der Waals surface area contributed by atoms with E-state index in [2.05, 4.69) is 20.9 Å². The number of ether oxygens (including phenoxy) is 3. The third kappa shape index (κ3) is 11.4. The van der Waals surface area contributed by atoms with Crippen molar-refractivity contribution in [1.82, 2.24) is 9.97 Å². The van der Waals surface area contributed by atoms with Crippen molar-refractivity contribution in [1.29, 1.82) is 0 Å². The van der Waals surface area contributed by atoms with E-state index in [0.29, 0.717) is 55.6 Å². The molecule has 4 atom stereocenters. The third-order valence-electron chi connectivity index (χ3n) is 9.69. The van der Waals surface area contributed by atoms with Gasteiger partial charge in [-0.2, -0.15) is 4.39 Å². The Morgan fingerprint density at radius 2 is 1.41 bits per heavy atom. The highest BCUT2D eigenvalue weighted by atomic mass is 19.1. The Morgan fingerprint density at radius 3 is 2.00 bits per heavy atom. The van der Waals surface area contributed by atoms with E-state index in [1.54, 1.807) is 6.92 Å². The largest absolute Gasteiger partial charge is 0.461 e. The number of carbonyl (C=O) groups excluding carboxylic acids is 2. The van der Waals surface area contributed by atoms with Gasteiger partial charge in [0.1, 0.15) is 18.4 Å². The molecule has 0 saturated carbocycles. The summed E-state index contributed by atoms with van der Waals surface area (Å²) in [5.74, 6) is 2.13. The van der Waals surface area contributed by atoms with Crippen molar-refractivity contribution in [2.75, 3.05) is 6.61 Å². The van der Waals surface area contributed by atoms with Crippen LogP contribution >= 0.6 is 0 Å². The predicted molar refractivity (Wildman–Crippen MR) is 176 cm³/mol. The predicted octanol–water partition coefficient (Wildman–Crippen LogP) is 8.23. The van der Waals surface area contributed by atoms with Gasteiger partial charge in [-0.3, -0.25) is 14.6 Å². The summed E-state index contributed by atoms with van der Waals surface area (Å²) in [7, 11) is 0. The quantitative estimate of drug-likeness (QED) is 0.183. The zero-order valence-electron chi connectivity index (χ0n) is 27.9. The van der Waals surface area contributed by atoms with Crippen LogP contribution in [-0.2, 0) is 30.2 Å². The van der Waals surface area contributed by atoms with Crippen LogP contribution in [0.5, 0.6) is 0 Å². The maximum absolute atomic E-state index is 13.8. The molecule has 0 aliphatic carbocycles. The molecule has 9 heteroatoms. The lowest BCUT2D eigenvalue weighted by Gasteiger charge is -2.29. The highest BCUT2D eigenvalue weighted by molar-refractivity contribution is 5.71. The Hall–Kier alpha value is -2.86. The van der Waals surface area contributed by atoms with E-state index in [1.165, 1.54) is 64.2 Å². The molecule has 3 aliphatic rings. The number of nitrogens with zero attached hydrogens (tertiary/aromatic N) is 3. The number of fused-ring (bicyclic) bond motifs is 2. The fraction of sp³-hybridized carbons (Fsp3) is 0.757. The van der Waals surface area contributed by atoms with E-state index in [9.17, 15) is 14.0 Å². The van der Waals surface area contributed by atoms with Gasteiger partial charge in [-0.05, 0) is 44.9 Å². The lowest BCUT2D eigenvalue weighted by Crippen LogP contribution is -2.45. The monoisotopic (exact) mass is 639 g/mol. The van der Waals surface area contributed by atoms with Gasteiger partial charge < -0.3 is 14.2 Å². The second-order valence-corrected chi connectivity index (χ2v) is 13.5. The zero-order chi connectivity index (χ0) is 32.6. The summed E-state index contributed by atoms with van der Waals surface area (Å²) in [4.78, 5) is 38.1. The van der Waals surface area contributed by atoms with Crippen molar-refractivity contribution in [3.8, 4) is 12.3 Å². The second kappa shape index (κ2) is 19.1. The number of rotatable bonds is 2. The Kier molecular flexibility index (Phi) is 14.9. The number of esters is 2. The summed E-state index contributed by atoms with van der Waals surface area (Å²) in [6, 6.07) is 0. The van der Waals surface area contributed by atoms with Crippen molar-refractivity contribution >= 4 is 23.8 Å². The standard InChI is InChI=1S/C37H54FN3O5/c1-3-37-27-44-33(42)20-18-16-14-12-10-8-6-4-5-7-9-11-13-15-17-19-21-34(43)45-32(37)25-30(46-37)24-29-22-23-31-35(39-26-29)28(2)40-36(38)41-31/h1,26,29-30,32H,4-25,27H2,2H3/t29?,30-,32-,37+/m0/s1. The van der Waals surface area contributed by atoms with Crippen LogP contribution < -0.4 is 0 Å². The third-order valence-corrected chi connectivity index (χ3v) is 9.69. The van der Waals surface area contributed by atoms with Gasteiger partial charge in [0.2, 0.25) is 0 Å². The van der Waals surface area contributed by atoms with Gasteiger partial charge in [0.15, 0.2) is 5.60 Å². The maximum atomic E-state index is 13.8. The van der Waals surface area contributed by atoms with Crippen molar-refractivity contribution < 1.29 is 28.2 Å². The van der Waals surface area contributed by atoms with Crippen LogP contribution in [0.4, 0.5) is 10.1 Å². The molecule has 0 N–H and O–H groups in total. The number of carbonyl (C=O) groups is 2. The fourth-order valence-corrected chi connectivity index (χ4v) is 6.95. The molecular formula is C37H54FN3O5. The minimum atomic E-state index is -1.35. The van der Waals surface area contributed by atoms with Gasteiger partial charge >= 0.3 is 18.0 Å². The van der Waals surface area contributed by atoms with Gasteiger partial charge in [-0.15, -0.1) is 6.42 Å². The number of aromatic nitrogens is 2. The number of aliphatic imine (C=N–C) groups is 1. The molecule has 3 aliphatic heterocycles. The first-order valence-electron chi connectivity index (χ1n) is 18.0. The van der Waals surface area contributed by atoms with Crippen LogP contribution in [0.15, 0.2) is 4.99 Å². The van der Waals surface area contributed by atoms with E-state index < -0.39 is 17.8 Å². The Bertz CT molecular complexity index is 1200. The minimum Gasteiger partial charge on any atom is -0.461 e. The Balaban J connectivity index is 1.37. The molecular weight excluding hydrogens is 585 g/mol. The van der Waals surface area contributed by atoms with Gasteiger partial charge in [-0.25, -0.2) is 9.97 Å². The highest BCUT2D eigenvalue weighted by Crippen LogP contribution is 2.38. The molecule has 254 valence electrons. The van der Waals surface area contributed by atoms with Gasteiger partial charge in [-0.1, -0.05) is 95.8 Å². The molecule has 46 heavy (non-hydrogen) atoms. The number of terminal acetylenes is 1. The first-order chi connectivity index (χ1) is 22.4. The van der Waals surface area contributed by atoms with Gasteiger partial charge in [0, 0.05) is 25.5 Å². The van der Waals surface area contributed by atoms with Crippen LogP contribution in [0.25, 0.3) is 0 Å². The number of aryl methyl sites for hydroxylation is 2. The molecule has 0 spiro atoms. The first-order valence-corrected chi connectivity index (χ1v) is 18.0. The molecule has 0 radical (unpaired) electrons. The normalized spacial score (nSPS) is 28.7. The molecule has 4 heterocycles. The summed E-state index contributed by atoms with van der Waals surface area (Å²) < 4.78 is 32.0. The van der Waals surface area contributed by atoms with Crippen LogP contribution in [0, 0.1) is 31.3 Å². The molecule has 0 bridgehead atoms. The molecule has 0 amide bonds. The van der Waals surface area contributed by atoms with Crippen molar-refractivity contribution in [3.05, 3.63) is 17.5 Å². The van der Waals surface area contributed by atoms with Crippen LogP contribution in [-0.4, -0.2) is 52.5 Å². The van der Waals surface area contributed by atoms with E-state index in [0.717, 1.165) is 38.5 Å². The number of hydrogen-bond acceptors (Lipinski definition) is 8.